The highest BCUT2D eigenvalue weighted by molar-refractivity contribution is 5.79. The van der Waals surface area contributed by atoms with Gasteiger partial charge in [-0.3, -0.25) is 4.79 Å². The minimum Gasteiger partial charge on any atom is -0.464 e. The monoisotopic (exact) mass is 266 g/mol. The van der Waals surface area contributed by atoms with Crippen molar-refractivity contribution >= 4 is 5.91 Å². The molecule has 0 saturated carbocycles. The predicted octanol–water partition coefficient (Wildman–Crippen LogP) is 1.17. The molecule has 2 rings (SSSR count). The number of hydrogen-bond acceptors (Lipinski definition) is 4. The van der Waals surface area contributed by atoms with Gasteiger partial charge in [-0.25, -0.2) is 0 Å². The molecular formula is C14H22N2O3. The van der Waals surface area contributed by atoms with E-state index in [-0.39, 0.29) is 17.9 Å². The molecule has 0 bridgehead atoms. The smallest absolute Gasteiger partial charge is 0.229 e. The first-order valence-corrected chi connectivity index (χ1v) is 6.73. The number of nitrogens with zero attached hydrogens (tertiary/aromatic N) is 1. The number of rotatable bonds is 5. The largest absolute Gasteiger partial charge is 0.464 e. The van der Waals surface area contributed by atoms with Crippen LogP contribution in [0.3, 0.4) is 0 Å². The van der Waals surface area contributed by atoms with Crippen LogP contribution in [0.15, 0.2) is 16.5 Å². The van der Waals surface area contributed by atoms with Crippen LogP contribution in [0.2, 0.25) is 0 Å². The van der Waals surface area contributed by atoms with Crippen LogP contribution in [0, 0.1) is 12.8 Å². The Morgan fingerprint density at radius 1 is 1.47 bits per heavy atom. The molecule has 0 aromatic carbocycles. The van der Waals surface area contributed by atoms with Crippen molar-refractivity contribution in [2.24, 2.45) is 5.92 Å². The molecule has 2 heterocycles. The molecule has 1 aliphatic heterocycles. The van der Waals surface area contributed by atoms with E-state index in [0.717, 1.165) is 18.1 Å². The van der Waals surface area contributed by atoms with E-state index < -0.39 is 0 Å². The maximum Gasteiger partial charge on any atom is 0.229 e. The molecule has 1 fully saturated rings. The third kappa shape index (κ3) is 3.36. The highest BCUT2D eigenvalue weighted by Crippen LogP contribution is 2.18. The summed E-state index contributed by atoms with van der Waals surface area (Å²) in [6.45, 7) is 6.39. The Morgan fingerprint density at radius 2 is 2.26 bits per heavy atom. The molecule has 1 saturated heterocycles. The maximum atomic E-state index is 12.4. The lowest BCUT2D eigenvalue weighted by atomic mass is 10.0. The first kappa shape index (κ1) is 14.1. The topological polar surface area (TPSA) is 54.7 Å². The van der Waals surface area contributed by atoms with Crippen molar-refractivity contribution in [2.75, 3.05) is 26.8 Å². The van der Waals surface area contributed by atoms with E-state index in [1.165, 1.54) is 0 Å². The Hall–Kier alpha value is -1.33. The molecule has 1 aromatic heterocycles. The van der Waals surface area contributed by atoms with Gasteiger partial charge in [0.1, 0.15) is 11.5 Å². The average Bonchev–Trinajstić information content (AvgIpc) is 2.98. The molecule has 5 heteroatoms. The molecule has 1 aromatic rings. The van der Waals surface area contributed by atoms with Crippen LogP contribution in [0.5, 0.6) is 0 Å². The third-order valence-corrected chi connectivity index (χ3v) is 3.43. The molecular weight excluding hydrogens is 244 g/mol. The van der Waals surface area contributed by atoms with Crippen LogP contribution in [0.4, 0.5) is 0 Å². The fourth-order valence-corrected chi connectivity index (χ4v) is 2.43. The number of furan rings is 1. The zero-order valence-electron chi connectivity index (χ0n) is 11.8. The van der Waals surface area contributed by atoms with Crippen molar-refractivity contribution < 1.29 is 13.9 Å². The van der Waals surface area contributed by atoms with Gasteiger partial charge in [-0.1, -0.05) is 6.92 Å². The second kappa shape index (κ2) is 6.21. The number of hydrogen-bond donors (Lipinski definition) is 1. The van der Waals surface area contributed by atoms with Crippen LogP contribution in [0.1, 0.15) is 18.4 Å². The minimum absolute atomic E-state index is 0.0963. The number of amides is 1. The first-order chi connectivity index (χ1) is 9.11. The highest BCUT2D eigenvalue weighted by atomic mass is 16.5. The first-order valence-electron chi connectivity index (χ1n) is 6.73. The molecule has 2 unspecified atom stereocenters. The second-order valence-electron chi connectivity index (χ2n) is 5.01. The Bertz CT molecular complexity index is 430. The molecule has 19 heavy (non-hydrogen) atoms. The molecule has 1 aliphatic rings. The average molecular weight is 266 g/mol. The summed E-state index contributed by atoms with van der Waals surface area (Å²) >= 11 is 0. The van der Waals surface area contributed by atoms with E-state index >= 15 is 0 Å². The standard InChI is InChI=1S/C14H22N2O3/c1-4-15-13-9-18-8-12(13)14(17)16(3)7-11-6-5-10(2)19-11/h5-6,12-13,15H,4,7-9H2,1-3H3. The van der Waals surface area contributed by atoms with E-state index in [1.54, 1.807) is 4.90 Å². The van der Waals surface area contributed by atoms with Crippen molar-refractivity contribution in [3.63, 3.8) is 0 Å². The van der Waals surface area contributed by atoms with Gasteiger partial charge in [0.25, 0.3) is 0 Å². The summed E-state index contributed by atoms with van der Waals surface area (Å²) in [4.78, 5) is 14.1. The van der Waals surface area contributed by atoms with Gasteiger partial charge in [-0.15, -0.1) is 0 Å². The molecule has 5 nitrogen and oxygen atoms in total. The zero-order chi connectivity index (χ0) is 13.8. The Labute approximate surface area is 113 Å². The number of nitrogens with one attached hydrogen (secondary N) is 1. The summed E-state index contributed by atoms with van der Waals surface area (Å²) < 4.78 is 10.9. The second-order valence-corrected chi connectivity index (χ2v) is 5.01. The molecule has 106 valence electrons. The summed E-state index contributed by atoms with van der Waals surface area (Å²) in [6.07, 6.45) is 0. The van der Waals surface area contributed by atoms with Crippen LogP contribution >= 0.6 is 0 Å². The van der Waals surface area contributed by atoms with E-state index in [1.807, 2.05) is 33.0 Å². The molecule has 0 aliphatic carbocycles. The van der Waals surface area contributed by atoms with Gasteiger partial charge >= 0.3 is 0 Å². The highest BCUT2D eigenvalue weighted by Gasteiger charge is 2.35. The number of ether oxygens (including phenoxy) is 1. The lowest BCUT2D eigenvalue weighted by Gasteiger charge is -2.23. The van der Waals surface area contributed by atoms with E-state index in [0.29, 0.717) is 19.8 Å². The fraction of sp³-hybridized carbons (Fsp3) is 0.643. The van der Waals surface area contributed by atoms with Gasteiger partial charge < -0.3 is 19.4 Å². The van der Waals surface area contributed by atoms with E-state index in [4.69, 9.17) is 9.15 Å². The number of carbonyl (C=O) groups excluding carboxylic acids is 1. The number of likely N-dealkylation sites (N-methyl/N-ethyl adjacent to an activating group) is 1. The van der Waals surface area contributed by atoms with Gasteiger partial charge in [0.15, 0.2) is 0 Å². The minimum atomic E-state index is -0.0963. The maximum absolute atomic E-state index is 12.4. The van der Waals surface area contributed by atoms with Crippen LogP contribution in [-0.4, -0.2) is 43.7 Å². The van der Waals surface area contributed by atoms with Gasteiger partial charge in [-0.05, 0) is 25.6 Å². The van der Waals surface area contributed by atoms with Crippen molar-refractivity contribution in [1.29, 1.82) is 0 Å². The molecule has 1 N–H and O–H groups in total. The number of carbonyl (C=O) groups is 1. The quantitative estimate of drug-likeness (QED) is 0.869. The summed E-state index contributed by atoms with van der Waals surface area (Å²) in [5, 5.41) is 3.30. The Morgan fingerprint density at radius 3 is 2.89 bits per heavy atom. The molecule has 1 amide bonds. The van der Waals surface area contributed by atoms with Crippen LogP contribution < -0.4 is 5.32 Å². The summed E-state index contributed by atoms with van der Waals surface area (Å²) in [5.74, 6) is 1.69. The van der Waals surface area contributed by atoms with Crippen molar-refractivity contribution in [1.82, 2.24) is 10.2 Å². The molecule has 2 atom stereocenters. The SMILES string of the molecule is CCNC1COCC1C(=O)N(C)Cc1ccc(C)o1. The Kier molecular flexibility index (Phi) is 4.61. The van der Waals surface area contributed by atoms with Crippen LogP contribution in [0.25, 0.3) is 0 Å². The van der Waals surface area contributed by atoms with Gasteiger partial charge in [-0.2, -0.15) is 0 Å². The third-order valence-electron chi connectivity index (χ3n) is 3.43. The van der Waals surface area contributed by atoms with Gasteiger partial charge in [0.2, 0.25) is 5.91 Å². The summed E-state index contributed by atoms with van der Waals surface area (Å²) in [6, 6.07) is 3.94. The molecule has 0 radical (unpaired) electrons. The van der Waals surface area contributed by atoms with E-state index in [2.05, 4.69) is 5.32 Å². The number of aryl methyl sites for hydroxylation is 1. The van der Waals surface area contributed by atoms with Crippen molar-refractivity contribution in [3.05, 3.63) is 23.7 Å². The van der Waals surface area contributed by atoms with Gasteiger partial charge in [0, 0.05) is 13.1 Å². The summed E-state index contributed by atoms with van der Waals surface area (Å²) in [7, 11) is 1.81. The van der Waals surface area contributed by atoms with Crippen LogP contribution in [-0.2, 0) is 16.1 Å². The zero-order valence-corrected chi connectivity index (χ0v) is 11.8. The summed E-state index contributed by atoms with van der Waals surface area (Å²) in [5.41, 5.74) is 0. The Balaban J connectivity index is 1.94. The van der Waals surface area contributed by atoms with E-state index in [9.17, 15) is 4.79 Å². The lowest BCUT2D eigenvalue weighted by molar-refractivity contribution is -0.135. The lowest BCUT2D eigenvalue weighted by Crippen LogP contribution is -2.44. The fourth-order valence-electron chi connectivity index (χ4n) is 2.43. The predicted molar refractivity (Wildman–Crippen MR) is 71.7 cm³/mol. The normalized spacial score (nSPS) is 22.7. The van der Waals surface area contributed by atoms with Gasteiger partial charge in [0.05, 0.1) is 25.7 Å². The van der Waals surface area contributed by atoms with Crippen molar-refractivity contribution in [2.45, 2.75) is 26.4 Å². The molecule has 0 spiro atoms. The van der Waals surface area contributed by atoms with Crippen molar-refractivity contribution in [3.8, 4) is 0 Å².